The molecule has 1 fully saturated rings. The van der Waals surface area contributed by atoms with Crippen LogP contribution in [0.25, 0.3) is 0 Å². The summed E-state index contributed by atoms with van der Waals surface area (Å²) in [6, 6.07) is 4.02. The van der Waals surface area contributed by atoms with Gasteiger partial charge in [-0.15, -0.1) is 11.3 Å². The van der Waals surface area contributed by atoms with Crippen molar-refractivity contribution in [1.29, 1.82) is 0 Å². The Morgan fingerprint density at radius 3 is 2.80 bits per heavy atom. The number of hydrogen-bond acceptors (Lipinski definition) is 3. The van der Waals surface area contributed by atoms with Crippen LogP contribution in [-0.4, -0.2) is 23.4 Å². The second-order valence-corrected chi connectivity index (χ2v) is 6.57. The van der Waals surface area contributed by atoms with Gasteiger partial charge in [0.05, 0.1) is 15.9 Å². The van der Waals surface area contributed by atoms with Gasteiger partial charge in [-0.1, -0.05) is 0 Å². The maximum atomic E-state index is 11.8. The van der Waals surface area contributed by atoms with E-state index in [4.69, 9.17) is 5.73 Å². The van der Waals surface area contributed by atoms with Crippen molar-refractivity contribution in [2.45, 2.75) is 24.9 Å². The van der Waals surface area contributed by atoms with Crippen LogP contribution in [0.1, 0.15) is 17.7 Å². The Labute approximate surface area is 101 Å². The second kappa shape index (κ2) is 3.88. The highest BCUT2D eigenvalue weighted by molar-refractivity contribution is 9.11. The molecule has 0 aromatic carbocycles. The van der Waals surface area contributed by atoms with Crippen LogP contribution in [0.3, 0.4) is 0 Å². The average Bonchev–Trinajstić information content (AvgIpc) is 2.80. The number of thiophene rings is 1. The van der Waals surface area contributed by atoms with Crippen LogP contribution < -0.4 is 5.73 Å². The number of likely N-dealkylation sites (N-methyl/N-ethyl adjacent to an activating group) is 1. The third-order valence-corrected chi connectivity index (χ3v) is 4.19. The molecule has 1 aliphatic rings. The summed E-state index contributed by atoms with van der Waals surface area (Å²) in [4.78, 5) is 14.7. The molecule has 1 amide bonds. The topological polar surface area (TPSA) is 46.3 Å². The Morgan fingerprint density at radius 2 is 2.33 bits per heavy atom. The van der Waals surface area contributed by atoms with Gasteiger partial charge in [0.25, 0.3) is 0 Å². The van der Waals surface area contributed by atoms with E-state index < -0.39 is 5.54 Å². The lowest BCUT2D eigenvalue weighted by atomic mass is 10.2. The van der Waals surface area contributed by atoms with E-state index in [-0.39, 0.29) is 5.91 Å². The van der Waals surface area contributed by atoms with Crippen molar-refractivity contribution >= 4 is 33.2 Å². The van der Waals surface area contributed by atoms with Crippen LogP contribution in [0.15, 0.2) is 15.9 Å². The molecule has 1 saturated carbocycles. The summed E-state index contributed by atoms with van der Waals surface area (Å²) in [5, 5.41) is 0. The molecule has 1 aromatic rings. The molecule has 3 nitrogen and oxygen atoms in total. The molecule has 0 radical (unpaired) electrons. The molecular formula is C10H13BrN2OS. The molecule has 2 N–H and O–H groups in total. The van der Waals surface area contributed by atoms with Crippen molar-refractivity contribution in [3.8, 4) is 0 Å². The van der Waals surface area contributed by atoms with Crippen molar-refractivity contribution in [2.75, 3.05) is 7.05 Å². The first-order valence-corrected chi connectivity index (χ1v) is 6.41. The first-order valence-electron chi connectivity index (χ1n) is 4.80. The van der Waals surface area contributed by atoms with E-state index in [9.17, 15) is 4.79 Å². The van der Waals surface area contributed by atoms with E-state index in [0.717, 1.165) is 16.6 Å². The Hall–Kier alpha value is -0.390. The summed E-state index contributed by atoms with van der Waals surface area (Å²) in [6.45, 7) is 0.647. The molecule has 0 atom stereocenters. The largest absolute Gasteiger partial charge is 0.339 e. The van der Waals surface area contributed by atoms with Crippen molar-refractivity contribution in [2.24, 2.45) is 5.73 Å². The summed E-state index contributed by atoms with van der Waals surface area (Å²) >= 11 is 5.05. The summed E-state index contributed by atoms with van der Waals surface area (Å²) in [7, 11) is 1.81. The molecule has 5 heteroatoms. The monoisotopic (exact) mass is 288 g/mol. The zero-order chi connectivity index (χ0) is 11.1. The SMILES string of the molecule is CN(Cc1ccc(Br)s1)C(=O)C1(N)CC1. The van der Waals surface area contributed by atoms with Gasteiger partial charge in [0, 0.05) is 11.9 Å². The Morgan fingerprint density at radius 1 is 1.67 bits per heavy atom. The zero-order valence-electron chi connectivity index (χ0n) is 8.50. The van der Waals surface area contributed by atoms with Crippen LogP contribution in [0.4, 0.5) is 0 Å². The van der Waals surface area contributed by atoms with Crippen molar-refractivity contribution in [1.82, 2.24) is 4.90 Å². The normalized spacial score (nSPS) is 17.5. The van der Waals surface area contributed by atoms with Crippen LogP contribution >= 0.6 is 27.3 Å². The van der Waals surface area contributed by atoms with E-state index in [1.165, 1.54) is 4.88 Å². The van der Waals surface area contributed by atoms with E-state index in [1.54, 1.807) is 16.2 Å². The minimum atomic E-state index is -0.552. The van der Waals surface area contributed by atoms with E-state index >= 15 is 0 Å². The number of halogens is 1. The summed E-state index contributed by atoms with van der Waals surface area (Å²) in [6.07, 6.45) is 1.65. The number of nitrogens with zero attached hydrogens (tertiary/aromatic N) is 1. The van der Waals surface area contributed by atoms with Crippen LogP contribution in [0, 0.1) is 0 Å². The molecule has 0 bridgehead atoms. The standard InChI is InChI=1S/C10H13BrN2OS/c1-13(9(14)10(12)4-5-10)6-7-2-3-8(11)15-7/h2-3H,4-6,12H2,1H3. The van der Waals surface area contributed by atoms with Gasteiger partial charge in [-0.3, -0.25) is 4.79 Å². The van der Waals surface area contributed by atoms with Gasteiger partial charge in [-0.2, -0.15) is 0 Å². The maximum Gasteiger partial charge on any atom is 0.242 e. The first kappa shape index (κ1) is 11.1. The van der Waals surface area contributed by atoms with Crippen LogP contribution in [-0.2, 0) is 11.3 Å². The molecule has 2 rings (SSSR count). The zero-order valence-corrected chi connectivity index (χ0v) is 10.9. The first-order chi connectivity index (χ1) is 7.01. The lowest BCUT2D eigenvalue weighted by Gasteiger charge is -2.19. The highest BCUT2D eigenvalue weighted by Crippen LogP contribution is 2.34. The minimum Gasteiger partial charge on any atom is -0.339 e. The van der Waals surface area contributed by atoms with Gasteiger partial charge in [0.2, 0.25) is 5.91 Å². The van der Waals surface area contributed by atoms with Gasteiger partial charge < -0.3 is 10.6 Å². The average molecular weight is 289 g/mol. The molecule has 0 spiro atoms. The Balaban J connectivity index is 1.97. The molecule has 0 unspecified atom stereocenters. The molecule has 15 heavy (non-hydrogen) atoms. The fourth-order valence-electron chi connectivity index (χ4n) is 1.47. The van der Waals surface area contributed by atoms with Crippen molar-refractivity contribution in [3.63, 3.8) is 0 Å². The lowest BCUT2D eigenvalue weighted by Crippen LogP contribution is -2.43. The van der Waals surface area contributed by atoms with Gasteiger partial charge in [-0.05, 0) is 40.9 Å². The Bertz CT molecular complexity index is 387. The number of rotatable bonds is 3. The summed E-state index contributed by atoms with van der Waals surface area (Å²) < 4.78 is 1.09. The molecule has 1 heterocycles. The van der Waals surface area contributed by atoms with Gasteiger partial charge in [0.1, 0.15) is 0 Å². The summed E-state index contributed by atoms with van der Waals surface area (Å²) in [5.41, 5.74) is 5.30. The number of carbonyl (C=O) groups excluding carboxylic acids is 1. The van der Waals surface area contributed by atoms with E-state index in [1.807, 2.05) is 19.2 Å². The number of carbonyl (C=O) groups is 1. The molecule has 0 saturated heterocycles. The third kappa shape index (κ3) is 2.41. The molecular weight excluding hydrogens is 276 g/mol. The maximum absolute atomic E-state index is 11.8. The highest BCUT2D eigenvalue weighted by atomic mass is 79.9. The van der Waals surface area contributed by atoms with E-state index in [2.05, 4.69) is 15.9 Å². The highest BCUT2D eigenvalue weighted by Gasteiger charge is 2.47. The predicted molar refractivity (Wildman–Crippen MR) is 64.6 cm³/mol. The van der Waals surface area contributed by atoms with Gasteiger partial charge >= 0.3 is 0 Å². The molecule has 82 valence electrons. The van der Waals surface area contributed by atoms with Crippen molar-refractivity contribution in [3.05, 3.63) is 20.8 Å². The second-order valence-electron chi connectivity index (χ2n) is 4.02. The number of amides is 1. The van der Waals surface area contributed by atoms with E-state index in [0.29, 0.717) is 6.54 Å². The van der Waals surface area contributed by atoms with Gasteiger partial charge in [0.15, 0.2) is 0 Å². The van der Waals surface area contributed by atoms with Crippen molar-refractivity contribution < 1.29 is 4.79 Å². The number of nitrogens with two attached hydrogens (primary N) is 1. The lowest BCUT2D eigenvalue weighted by molar-refractivity contribution is -0.132. The van der Waals surface area contributed by atoms with Crippen LogP contribution in [0.2, 0.25) is 0 Å². The quantitative estimate of drug-likeness (QED) is 0.924. The fourth-order valence-corrected chi connectivity index (χ4v) is 3.01. The minimum absolute atomic E-state index is 0.0621. The number of hydrogen-bond donors (Lipinski definition) is 1. The molecule has 1 aliphatic carbocycles. The molecule has 0 aliphatic heterocycles. The fraction of sp³-hybridized carbons (Fsp3) is 0.500. The van der Waals surface area contributed by atoms with Crippen LogP contribution in [0.5, 0.6) is 0 Å². The van der Waals surface area contributed by atoms with Gasteiger partial charge in [-0.25, -0.2) is 0 Å². The Kier molecular flexibility index (Phi) is 2.87. The predicted octanol–water partition coefficient (Wildman–Crippen LogP) is 1.96. The summed E-state index contributed by atoms with van der Waals surface area (Å²) in [5.74, 6) is 0.0621. The third-order valence-electron chi connectivity index (χ3n) is 2.58. The molecule has 1 aromatic heterocycles. The smallest absolute Gasteiger partial charge is 0.242 e.